The molecule has 1 unspecified atom stereocenters. The Morgan fingerprint density at radius 2 is 2.40 bits per heavy atom. The Hall–Kier alpha value is -1.81. The van der Waals surface area contributed by atoms with Gasteiger partial charge in [0.1, 0.15) is 5.75 Å². The molecule has 3 rings (SSSR count). The summed E-state index contributed by atoms with van der Waals surface area (Å²) >= 11 is 0. The second-order valence-corrected chi connectivity index (χ2v) is 5.26. The van der Waals surface area contributed by atoms with Gasteiger partial charge < -0.3 is 14.6 Å². The largest absolute Gasteiger partial charge is 0.497 e. The number of benzene rings is 1. The first-order valence-corrected chi connectivity index (χ1v) is 7.23. The molecule has 1 aliphatic rings. The number of fused-ring (bicyclic) bond motifs is 1. The Morgan fingerprint density at radius 3 is 3.20 bits per heavy atom. The normalized spacial score (nSPS) is 17.8. The molecule has 0 saturated carbocycles. The van der Waals surface area contributed by atoms with Gasteiger partial charge in [-0.1, -0.05) is 6.07 Å². The van der Waals surface area contributed by atoms with Gasteiger partial charge >= 0.3 is 0 Å². The summed E-state index contributed by atoms with van der Waals surface area (Å²) in [7, 11) is 1.73. The van der Waals surface area contributed by atoms with Crippen molar-refractivity contribution in [2.75, 3.05) is 13.7 Å². The van der Waals surface area contributed by atoms with Crippen LogP contribution in [0.25, 0.3) is 0 Å². The number of aryl methyl sites for hydroxylation is 1. The predicted octanol–water partition coefficient (Wildman–Crippen LogP) is 2.56. The molecule has 4 heteroatoms. The van der Waals surface area contributed by atoms with E-state index in [1.165, 1.54) is 30.4 Å². The second-order valence-electron chi connectivity index (χ2n) is 5.26. The summed E-state index contributed by atoms with van der Waals surface area (Å²) in [6.07, 6.45) is 9.31. The van der Waals surface area contributed by atoms with Crippen LogP contribution in [-0.4, -0.2) is 23.2 Å². The van der Waals surface area contributed by atoms with Crippen molar-refractivity contribution in [3.63, 3.8) is 0 Å². The number of methoxy groups -OCH3 is 1. The number of aromatic nitrogens is 2. The highest BCUT2D eigenvalue weighted by Crippen LogP contribution is 2.32. The quantitative estimate of drug-likeness (QED) is 0.908. The lowest BCUT2D eigenvalue weighted by Gasteiger charge is -2.27. The van der Waals surface area contributed by atoms with Gasteiger partial charge in [-0.25, -0.2) is 4.98 Å². The average Bonchev–Trinajstić information content (AvgIpc) is 3.00. The van der Waals surface area contributed by atoms with Gasteiger partial charge in [-0.2, -0.15) is 0 Å². The number of hydrogen-bond donors (Lipinski definition) is 1. The van der Waals surface area contributed by atoms with Crippen LogP contribution in [0.5, 0.6) is 5.75 Å². The van der Waals surface area contributed by atoms with Crippen LogP contribution >= 0.6 is 0 Å². The van der Waals surface area contributed by atoms with E-state index < -0.39 is 0 Å². The second kappa shape index (κ2) is 6.09. The molecular weight excluding hydrogens is 250 g/mol. The maximum atomic E-state index is 5.35. The van der Waals surface area contributed by atoms with Crippen LogP contribution in [0.3, 0.4) is 0 Å². The van der Waals surface area contributed by atoms with Crippen molar-refractivity contribution in [1.82, 2.24) is 14.9 Å². The maximum absolute atomic E-state index is 5.35. The molecule has 106 valence electrons. The Balaban J connectivity index is 1.66. The molecule has 2 aromatic rings. The van der Waals surface area contributed by atoms with Gasteiger partial charge in [0.05, 0.1) is 13.4 Å². The first kappa shape index (κ1) is 13.2. The van der Waals surface area contributed by atoms with Crippen molar-refractivity contribution in [3.05, 3.63) is 48.0 Å². The zero-order chi connectivity index (χ0) is 13.8. The van der Waals surface area contributed by atoms with Gasteiger partial charge in [0, 0.05) is 31.5 Å². The lowest BCUT2D eigenvalue weighted by molar-refractivity contribution is 0.407. The van der Waals surface area contributed by atoms with Crippen LogP contribution in [0, 0.1) is 0 Å². The van der Waals surface area contributed by atoms with Crippen LogP contribution in [0.15, 0.2) is 36.9 Å². The van der Waals surface area contributed by atoms with Crippen molar-refractivity contribution in [2.45, 2.75) is 31.8 Å². The lowest BCUT2D eigenvalue weighted by atomic mass is 9.87. The molecule has 0 amide bonds. The first-order chi connectivity index (χ1) is 9.86. The predicted molar refractivity (Wildman–Crippen MR) is 78.9 cm³/mol. The van der Waals surface area contributed by atoms with E-state index in [4.69, 9.17) is 4.74 Å². The van der Waals surface area contributed by atoms with Crippen molar-refractivity contribution in [1.29, 1.82) is 0 Å². The fourth-order valence-electron chi connectivity index (χ4n) is 2.90. The Morgan fingerprint density at radius 1 is 1.45 bits per heavy atom. The highest BCUT2D eigenvalue weighted by atomic mass is 16.5. The van der Waals surface area contributed by atoms with Crippen LogP contribution < -0.4 is 10.1 Å². The monoisotopic (exact) mass is 271 g/mol. The van der Waals surface area contributed by atoms with Crippen molar-refractivity contribution in [3.8, 4) is 5.75 Å². The topological polar surface area (TPSA) is 39.1 Å². The molecule has 0 saturated heterocycles. The smallest absolute Gasteiger partial charge is 0.119 e. The minimum Gasteiger partial charge on any atom is -0.497 e. The van der Waals surface area contributed by atoms with E-state index in [0.29, 0.717) is 6.04 Å². The van der Waals surface area contributed by atoms with E-state index in [9.17, 15) is 0 Å². The molecule has 1 N–H and O–H groups in total. The molecule has 1 aliphatic carbocycles. The number of imidazole rings is 1. The number of ether oxygens (including phenoxy) is 1. The highest BCUT2D eigenvalue weighted by molar-refractivity contribution is 5.39. The SMILES string of the molecule is COc1ccc2c(c1)C(NCCn1ccnc1)CCC2. The van der Waals surface area contributed by atoms with Gasteiger partial charge in [0.25, 0.3) is 0 Å². The summed E-state index contributed by atoms with van der Waals surface area (Å²) in [6, 6.07) is 6.89. The minimum absolute atomic E-state index is 0.442. The van der Waals surface area contributed by atoms with Crippen molar-refractivity contribution < 1.29 is 4.74 Å². The van der Waals surface area contributed by atoms with Crippen molar-refractivity contribution >= 4 is 0 Å². The average molecular weight is 271 g/mol. The molecular formula is C16H21N3O. The van der Waals surface area contributed by atoms with Crippen LogP contribution in [-0.2, 0) is 13.0 Å². The van der Waals surface area contributed by atoms with Gasteiger partial charge in [-0.3, -0.25) is 0 Å². The van der Waals surface area contributed by atoms with E-state index in [2.05, 4.69) is 33.1 Å². The maximum Gasteiger partial charge on any atom is 0.119 e. The summed E-state index contributed by atoms with van der Waals surface area (Å²) in [5, 5.41) is 3.66. The fourth-order valence-corrected chi connectivity index (χ4v) is 2.90. The number of nitrogens with zero attached hydrogens (tertiary/aromatic N) is 2. The Kier molecular flexibility index (Phi) is 4.02. The minimum atomic E-state index is 0.442. The Labute approximate surface area is 119 Å². The van der Waals surface area contributed by atoms with Crippen LogP contribution in [0.4, 0.5) is 0 Å². The zero-order valence-corrected chi connectivity index (χ0v) is 11.9. The van der Waals surface area contributed by atoms with E-state index in [1.54, 1.807) is 7.11 Å². The fraction of sp³-hybridized carbons (Fsp3) is 0.438. The van der Waals surface area contributed by atoms with Crippen LogP contribution in [0.2, 0.25) is 0 Å². The summed E-state index contributed by atoms with van der Waals surface area (Å²) in [5.41, 5.74) is 2.86. The number of hydrogen-bond acceptors (Lipinski definition) is 3. The van der Waals surface area contributed by atoms with E-state index in [0.717, 1.165) is 18.8 Å². The summed E-state index contributed by atoms with van der Waals surface area (Å²) in [6.45, 7) is 1.91. The molecule has 4 nitrogen and oxygen atoms in total. The molecule has 0 spiro atoms. The molecule has 0 fully saturated rings. The van der Waals surface area contributed by atoms with E-state index >= 15 is 0 Å². The first-order valence-electron chi connectivity index (χ1n) is 7.23. The summed E-state index contributed by atoms with van der Waals surface area (Å²) in [5.74, 6) is 0.951. The molecule has 0 radical (unpaired) electrons. The molecule has 0 aliphatic heterocycles. The summed E-state index contributed by atoms with van der Waals surface area (Å²) in [4.78, 5) is 4.06. The molecule has 1 atom stereocenters. The third-order valence-corrected chi connectivity index (χ3v) is 3.99. The lowest BCUT2D eigenvalue weighted by Crippen LogP contribution is -2.28. The summed E-state index contributed by atoms with van der Waals surface area (Å²) < 4.78 is 7.45. The van der Waals surface area contributed by atoms with Gasteiger partial charge in [0.2, 0.25) is 0 Å². The van der Waals surface area contributed by atoms with E-state index in [1.807, 2.05) is 18.7 Å². The number of rotatable bonds is 5. The highest BCUT2D eigenvalue weighted by Gasteiger charge is 2.20. The standard InChI is InChI=1S/C16H21N3O/c1-20-14-6-5-13-3-2-4-16(15(13)11-14)18-8-10-19-9-7-17-12-19/h5-7,9,11-12,16,18H,2-4,8,10H2,1H3. The van der Waals surface area contributed by atoms with E-state index in [-0.39, 0.29) is 0 Å². The van der Waals surface area contributed by atoms with Gasteiger partial charge in [-0.15, -0.1) is 0 Å². The molecule has 1 aromatic carbocycles. The van der Waals surface area contributed by atoms with Gasteiger partial charge in [0.15, 0.2) is 0 Å². The van der Waals surface area contributed by atoms with Gasteiger partial charge in [-0.05, 0) is 42.5 Å². The Bertz CT molecular complexity index is 551. The molecule has 20 heavy (non-hydrogen) atoms. The molecule has 1 aromatic heterocycles. The number of nitrogens with one attached hydrogen (secondary N) is 1. The zero-order valence-electron chi connectivity index (χ0n) is 11.9. The molecule has 1 heterocycles. The third-order valence-electron chi connectivity index (χ3n) is 3.99. The van der Waals surface area contributed by atoms with Crippen LogP contribution in [0.1, 0.15) is 30.0 Å². The third kappa shape index (κ3) is 2.85. The molecule has 0 bridgehead atoms. The van der Waals surface area contributed by atoms with Crippen molar-refractivity contribution in [2.24, 2.45) is 0 Å².